The molecule has 3 N–H and O–H groups in total. The number of amides is 1. The van der Waals surface area contributed by atoms with Crippen molar-refractivity contribution in [2.45, 2.75) is 31.3 Å². The number of nitrogens with two attached hydrogens (primary N) is 1. The third-order valence-electron chi connectivity index (χ3n) is 5.01. The zero-order valence-electron chi connectivity index (χ0n) is 15.3. The topological polar surface area (TPSA) is 113 Å². The molecule has 1 saturated carbocycles. The van der Waals surface area contributed by atoms with E-state index in [4.69, 9.17) is 5.73 Å². The molecule has 27 heavy (non-hydrogen) atoms. The number of hydrogen-bond donors (Lipinski definition) is 2. The van der Waals surface area contributed by atoms with Gasteiger partial charge in [-0.15, -0.1) is 0 Å². The van der Waals surface area contributed by atoms with Crippen molar-refractivity contribution in [2.75, 3.05) is 19.4 Å². The monoisotopic (exact) mass is 371 g/mol. The summed E-state index contributed by atoms with van der Waals surface area (Å²) in [7, 11) is 4.02. The number of carbonyl (C=O) groups is 1. The minimum absolute atomic E-state index is 0.144. The number of primary amides is 1. The van der Waals surface area contributed by atoms with Crippen LogP contribution in [0.2, 0.25) is 0 Å². The molecule has 2 heterocycles. The van der Waals surface area contributed by atoms with Crippen LogP contribution in [0.15, 0.2) is 24.5 Å². The third-order valence-corrected chi connectivity index (χ3v) is 5.01. The van der Waals surface area contributed by atoms with Gasteiger partial charge in [-0.3, -0.25) is 9.48 Å². The SMILES string of the molecule is CN(C)[C@H]1CC[C@H](n2cc(C(N)=O)c(Nc3ccnc(F)c3)n2)[C@@H](C#N)C1. The number of pyridine rings is 1. The van der Waals surface area contributed by atoms with Crippen molar-refractivity contribution in [3.05, 3.63) is 36.0 Å². The first-order chi connectivity index (χ1) is 12.9. The molecule has 0 radical (unpaired) electrons. The molecule has 1 aliphatic carbocycles. The van der Waals surface area contributed by atoms with Gasteiger partial charge in [0.25, 0.3) is 5.91 Å². The lowest BCUT2D eigenvalue weighted by Crippen LogP contribution is -2.37. The van der Waals surface area contributed by atoms with E-state index in [0.29, 0.717) is 11.7 Å². The third kappa shape index (κ3) is 4.06. The number of carbonyl (C=O) groups excluding carboxylic acids is 1. The quantitative estimate of drug-likeness (QED) is 0.778. The van der Waals surface area contributed by atoms with Crippen molar-refractivity contribution in [3.63, 3.8) is 0 Å². The normalized spacial score (nSPS) is 22.4. The summed E-state index contributed by atoms with van der Waals surface area (Å²) in [4.78, 5) is 17.5. The van der Waals surface area contributed by atoms with Gasteiger partial charge >= 0.3 is 0 Å². The van der Waals surface area contributed by atoms with Crippen LogP contribution in [0.25, 0.3) is 0 Å². The molecule has 9 heteroatoms. The number of halogens is 1. The molecule has 0 bridgehead atoms. The highest BCUT2D eigenvalue weighted by atomic mass is 19.1. The van der Waals surface area contributed by atoms with Gasteiger partial charge in [-0.05, 0) is 39.4 Å². The highest BCUT2D eigenvalue weighted by Gasteiger charge is 2.34. The predicted molar refractivity (Wildman–Crippen MR) is 97.7 cm³/mol. The zero-order chi connectivity index (χ0) is 19.6. The predicted octanol–water partition coefficient (Wildman–Crippen LogP) is 2.05. The van der Waals surface area contributed by atoms with Crippen LogP contribution in [-0.4, -0.2) is 45.7 Å². The molecular formula is C18H22FN7O. The molecule has 3 rings (SSSR count). The number of nitrogens with one attached hydrogen (secondary N) is 1. The van der Waals surface area contributed by atoms with E-state index < -0.39 is 11.9 Å². The summed E-state index contributed by atoms with van der Waals surface area (Å²) in [6.07, 6.45) is 5.31. The Hall–Kier alpha value is -2.99. The summed E-state index contributed by atoms with van der Waals surface area (Å²) in [6, 6.07) is 5.33. The molecule has 2 aromatic rings. The van der Waals surface area contributed by atoms with Crippen LogP contribution in [0, 0.1) is 23.2 Å². The van der Waals surface area contributed by atoms with Crippen molar-refractivity contribution in [2.24, 2.45) is 11.7 Å². The molecule has 142 valence electrons. The minimum Gasteiger partial charge on any atom is -0.365 e. The van der Waals surface area contributed by atoms with Gasteiger partial charge in [0.05, 0.1) is 18.0 Å². The molecule has 1 amide bonds. The average molecular weight is 371 g/mol. The number of aromatic nitrogens is 3. The fraction of sp³-hybridized carbons (Fsp3) is 0.444. The first kappa shape index (κ1) is 18.8. The minimum atomic E-state index is -0.647. The van der Waals surface area contributed by atoms with Crippen LogP contribution in [-0.2, 0) is 0 Å². The van der Waals surface area contributed by atoms with E-state index in [0.717, 1.165) is 19.3 Å². The fourth-order valence-electron chi connectivity index (χ4n) is 3.51. The second-order valence-electron chi connectivity index (χ2n) is 6.96. The van der Waals surface area contributed by atoms with Crippen LogP contribution in [0.3, 0.4) is 0 Å². The maximum atomic E-state index is 13.3. The Morgan fingerprint density at radius 2 is 2.26 bits per heavy atom. The van der Waals surface area contributed by atoms with E-state index >= 15 is 0 Å². The summed E-state index contributed by atoms with van der Waals surface area (Å²) in [5, 5.41) is 17.0. The molecule has 0 aliphatic heterocycles. The molecule has 0 spiro atoms. The summed E-state index contributed by atoms with van der Waals surface area (Å²) < 4.78 is 15.0. The lowest BCUT2D eigenvalue weighted by Gasteiger charge is -2.35. The molecular weight excluding hydrogens is 349 g/mol. The van der Waals surface area contributed by atoms with Crippen LogP contribution >= 0.6 is 0 Å². The Labute approximate surface area is 156 Å². The van der Waals surface area contributed by atoms with Gasteiger partial charge in [-0.25, -0.2) is 4.98 Å². The first-order valence-electron chi connectivity index (χ1n) is 8.72. The second kappa shape index (κ2) is 7.72. The van der Waals surface area contributed by atoms with Gasteiger partial charge in [0.2, 0.25) is 5.95 Å². The van der Waals surface area contributed by atoms with E-state index in [1.54, 1.807) is 16.9 Å². The van der Waals surface area contributed by atoms with Crippen LogP contribution in [0.1, 0.15) is 35.7 Å². The van der Waals surface area contributed by atoms with E-state index in [1.807, 2.05) is 14.1 Å². The summed E-state index contributed by atoms with van der Waals surface area (Å²) in [6.45, 7) is 0. The lowest BCUT2D eigenvalue weighted by molar-refractivity contribution is 0.100. The Bertz CT molecular complexity index is 873. The van der Waals surface area contributed by atoms with Crippen molar-refractivity contribution in [1.82, 2.24) is 19.7 Å². The van der Waals surface area contributed by atoms with E-state index in [2.05, 4.69) is 26.4 Å². The van der Waals surface area contributed by atoms with Gasteiger partial charge in [-0.1, -0.05) is 0 Å². The van der Waals surface area contributed by atoms with Crippen molar-refractivity contribution < 1.29 is 9.18 Å². The van der Waals surface area contributed by atoms with Crippen molar-refractivity contribution >= 4 is 17.4 Å². The number of anilines is 2. The molecule has 3 atom stereocenters. The molecule has 8 nitrogen and oxygen atoms in total. The Morgan fingerprint density at radius 1 is 1.48 bits per heavy atom. The largest absolute Gasteiger partial charge is 0.365 e. The van der Waals surface area contributed by atoms with Crippen LogP contribution in [0.5, 0.6) is 0 Å². The van der Waals surface area contributed by atoms with Crippen LogP contribution < -0.4 is 11.1 Å². The highest BCUT2D eigenvalue weighted by molar-refractivity contribution is 5.98. The summed E-state index contributed by atoms with van der Waals surface area (Å²) >= 11 is 0. The summed E-state index contributed by atoms with van der Waals surface area (Å²) in [5.74, 6) is -1.28. The summed E-state index contributed by atoms with van der Waals surface area (Å²) in [5.41, 5.74) is 6.08. The first-order valence-corrected chi connectivity index (χ1v) is 8.72. The maximum Gasteiger partial charge on any atom is 0.254 e. The van der Waals surface area contributed by atoms with E-state index in [9.17, 15) is 14.4 Å². The van der Waals surface area contributed by atoms with E-state index in [1.165, 1.54) is 12.3 Å². The Balaban J connectivity index is 1.88. The standard InChI is InChI=1S/C18H22FN7O/c1-25(2)13-3-4-15(11(7-13)9-20)26-10-14(17(21)27)18(24-26)23-12-5-6-22-16(19)8-12/h5-6,8,10-11,13,15H,3-4,7H2,1-2H3,(H2,21,27)(H,22,23,24)/t11-,13+,15+/m1/s1. The smallest absolute Gasteiger partial charge is 0.254 e. The molecule has 1 aliphatic rings. The molecule has 2 aromatic heterocycles. The molecule has 1 fully saturated rings. The van der Waals surface area contributed by atoms with Gasteiger partial charge < -0.3 is 16.0 Å². The molecule has 0 aromatic carbocycles. The van der Waals surface area contributed by atoms with Gasteiger partial charge in [0, 0.05) is 30.2 Å². The van der Waals surface area contributed by atoms with Gasteiger partial charge in [0.1, 0.15) is 5.56 Å². The number of hydrogen-bond acceptors (Lipinski definition) is 6. The van der Waals surface area contributed by atoms with Gasteiger partial charge in [0.15, 0.2) is 5.82 Å². The molecule has 0 saturated heterocycles. The van der Waals surface area contributed by atoms with Crippen LogP contribution in [0.4, 0.5) is 15.9 Å². The maximum absolute atomic E-state index is 13.3. The Morgan fingerprint density at radius 3 is 2.89 bits per heavy atom. The Kier molecular flexibility index (Phi) is 5.37. The van der Waals surface area contributed by atoms with Gasteiger partial charge in [-0.2, -0.15) is 14.8 Å². The molecule has 0 unspecified atom stereocenters. The lowest BCUT2D eigenvalue weighted by atomic mass is 9.82. The zero-order valence-corrected chi connectivity index (χ0v) is 15.3. The number of nitrogens with zero attached hydrogens (tertiary/aromatic N) is 5. The van der Waals surface area contributed by atoms with Crippen molar-refractivity contribution in [3.8, 4) is 6.07 Å². The van der Waals surface area contributed by atoms with E-state index in [-0.39, 0.29) is 23.3 Å². The fourth-order valence-corrected chi connectivity index (χ4v) is 3.51. The van der Waals surface area contributed by atoms with Crippen molar-refractivity contribution in [1.29, 1.82) is 5.26 Å². The number of rotatable bonds is 5. The number of nitriles is 1. The highest BCUT2D eigenvalue weighted by Crippen LogP contribution is 2.36. The second-order valence-corrected chi connectivity index (χ2v) is 6.96. The average Bonchev–Trinajstić information content (AvgIpc) is 3.05.